The minimum atomic E-state index is -0.0143. The van der Waals surface area contributed by atoms with Crippen molar-refractivity contribution < 1.29 is 4.74 Å². The van der Waals surface area contributed by atoms with Gasteiger partial charge in [-0.15, -0.1) is 0 Å². The van der Waals surface area contributed by atoms with E-state index in [1.165, 1.54) is 0 Å². The summed E-state index contributed by atoms with van der Waals surface area (Å²) < 4.78 is 5.45. The third-order valence-electron chi connectivity index (χ3n) is 3.47. The van der Waals surface area contributed by atoms with Gasteiger partial charge in [-0.1, -0.05) is 48.6 Å². The highest BCUT2D eigenvalue weighted by atomic mass is 16.5. The molecule has 0 aromatic heterocycles. The van der Waals surface area contributed by atoms with E-state index in [0.29, 0.717) is 0 Å². The van der Waals surface area contributed by atoms with Gasteiger partial charge in [0.05, 0.1) is 6.10 Å². The van der Waals surface area contributed by atoms with Gasteiger partial charge < -0.3 is 4.74 Å². The van der Waals surface area contributed by atoms with Gasteiger partial charge in [0.1, 0.15) is 0 Å². The van der Waals surface area contributed by atoms with Crippen molar-refractivity contribution in [3.05, 3.63) is 63.8 Å². The second-order valence-electron chi connectivity index (χ2n) is 4.48. The fourth-order valence-corrected chi connectivity index (χ4v) is 2.51. The summed E-state index contributed by atoms with van der Waals surface area (Å²) in [6, 6.07) is 11.7. The van der Waals surface area contributed by atoms with E-state index in [1.54, 1.807) is 7.11 Å². The zero-order valence-corrected chi connectivity index (χ0v) is 10.2. The zero-order valence-electron chi connectivity index (χ0n) is 10.2. The van der Waals surface area contributed by atoms with Crippen LogP contribution in [0, 0.1) is 0 Å². The van der Waals surface area contributed by atoms with Gasteiger partial charge in [0.15, 0.2) is 5.43 Å². The van der Waals surface area contributed by atoms with E-state index in [-0.39, 0.29) is 11.5 Å². The molecule has 2 aromatic rings. The van der Waals surface area contributed by atoms with Crippen molar-refractivity contribution in [1.29, 1.82) is 0 Å². The van der Waals surface area contributed by atoms with Gasteiger partial charge in [0.2, 0.25) is 0 Å². The van der Waals surface area contributed by atoms with Crippen LogP contribution < -0.4 is 5.43 Å². The van der Waals surface area contributed by atoms with E-state index < -0.39 is 0 Å². The maximum absolute atomic E-state index is 12.5. The molecule has 0 bridgehead atoms. The molecule has 2 nitrogen and oxygen atoms in total. The molecule has 2 heteroatoms. The third-order valence-corrected chi connectivity index (χ3v) is 3.47. The molecule has 0 aliphatic heterocycles. The highest BCUT2D eigenvalue weighted by molar-refractivity contribution is 5.84. The van der Waals surface area contributed by atoms with Crippen LogP contribution in [0.2, 0.25) is 0 Å². The van der Waals surface area contributed by atoms with Crippen molar-refractivity contribution in [2.24, 2.45) is 0 Å². The first kappa shape index (κ1) is 11.2. The predicted molar refractivity (Wildman–Crippen MR) is 73.6 cm³/mol. The molecule has 1 aliphatic carbocycles. The summed E-state index contributed by atoms with van der Waals surface area (Å²) in [5, 5.41) is 1.74. The Morgan fingerprint density at radius 2 is 2.00 bits per heavy atom. The molecule has 0 heterocycles. The minimum Gasteiger partial charge on any atom is -0.376 e. The van der Waals surface area contributed by atoms with Gasteiger partial charge in [-0.25, -0.2) is 0 Å². The molecule has 1 aliphatic rings. The topological polar surface area (TPSA) is 26.3 Å². The van der Waals surface area contributed by atoms with E-state index in [0.717, 1.165) is 28.3 Å². The fraction of sp³-hybridized carbons (Fsp3) is 0.188. The van der Waals surface area contributed by atoms with Crippen LogP contribution in [0.25, 0.3) is 16.8 Å². The van der Waals surface area contributed by atoms with Crippen molar-refractivity contribution in [2.45, 2.75) is 12.5 Å². The van der Waals surface area contributed by atoms with Crippen molar-refractivity contribution in [3.63, 3.8) is 0 Å². The molecule has 0 fully saturated rings. The largest absolute Gasteiger partial charge is 0.376 e. The zero-order chi connectivity index (χ0) is 12.5. The lowest BCUT2D eigenvalue weighted by Gasteiger charge is -2.17. The molecule has 0 amide bonds. The number of methoxy groups -OCH3 is 1. The van der Waals surface area contributed by atoms with E-state index in [4.69, 9.17) is 4.74 Å². The first-order valence-corrected chi connectivity index (χ1v) is 6.06. The quantitative estimate of drug-likeness (QED) is 0.762. The van der Waals surface area contributed by atoms with Crippen molar-refractivity contribution >= 4 is 16.8 Å². The third kappa shape index (κ3) is 1.66. The Kier molecular flexibility index (Phi) is 2.73. The number of hydrogen-bond acceptors (Lipinski definition) is 2. The summed E-state index contributed by atoms with van der Waals surface area (Å²) in [7, 11) is 1.69. The maximum Gasteiger partial charge on any atom is 0.193 e. The van der Waals surface area contributed by atoms with Crippen LogP contribution in [0.1, 0.15) is 23.7 Å². The second kappa shape index (κ2) is 4.39. The molecular weight excluding hydrogens is 224 g/mol. The molecule has 2 aromatic carbocycles. The van der Waals surface area contributed by atoms with Gasteiger partial charge >= 0.3 is 0 Å². The van der Waals surface area contributed by atoms with E-state index in [1.807, 2.05) is 48.6 Å². The number of hydrogen-bond donors (Lipinski definition) is 0. The molecular formula is C16H14O2. The predicted octanol–water partition coefficient (Wildman–Crippen LogP) is 3.30. The van der Waals surface area contributed by atoms with Gasteiger partial charge in [0.25, 0.3) is 0 Å². The van der Waals surface area contributed by atoms with Gasteiger partial charge in [-0.3, -0.25) is 4.79 Å². The molecule has 18 heavy (non-hydrogen) atoms. The van der Waals surface area contributed by atoms with Crippen molar-refractivity contribution in [2.75, 3.05) is 7.11 Å². The van der Waals surface area contributed by atoms with Crippen LogP contribution in [0.4, 0.5) is 0 Å². The number of benzene rings is 1. The lowest BCUT2D eigenvalue weighted by atomic mass is 9.96. The molecule has 0 N–H and O–H groups in total. The summed E-state index contributed by atoms with van der Waals surface area (Å²) in [5.41, 5.74) is 1.83. The van der Waals surface area contributed by atoms with Crippen molar-refractivity contribution in [1.82, 2.24) is 0 Å². The fourth-order valence-electron chi connectivity index (χ4n) is 2.51. The SMILES string of the molecule is COC1CC=Cc2c1ccc1ccccc1c2=O. The summed E-state index contributed by atoms with van der Waals surface area (Å²) in [6.07, 6.45) is 4.73. The first-order valence-electron chi connectivity index (χ1n) is 6.06. The molecule has 3 rings (SSSR count). The molecule has 0 saturated carbocycles. The van der Waals surface area contributed by atoms with Crippen LogP contribution in [0.5, 0.6) is 0 Å². The minimum absolute atomic E-state index is 0.0143. The van der Waals surface area contributed by atoms with Crippen molar-refractivity contribution in [3.8, 4) is 0 Å². The van der Waals surface area contributed by atoms with Crippen LogP contribution in [-0.2, 0) is 4.74 Å². The smallest absolute Gasteiger partial charge is 0.193 e. The van der Waals surface area contributed by atoms with E-state index >= 15 is 0 Å². The molecule has 90 valence electrons. The highest BCUT2D eigenvalue weighted by Crippen LogP contribution is 2.28. The summed E-state index contributed by atoms with van der Waals surface area (Å²) in [5.74, 6) is 0. The number of fused-ring (bicyclic) bond motifs is 2. The molecule has 1 atom stereocenters. The summed E-state index contributed by atoms with van der Waals surface area (Å²) in [4.78, 5) is 12.5. The Hall–Kier alpha value is -1.93. The van der Waals surface area contributed by atoms with Crippen LogP contribution in [0.3, 0.4) is 0 Å². The maximum atomic E-state index is 12.5. The molecule has 1 unspecified atom stereocenters. The monoisotopic (exact) mass is 238 g/mol. The second-order valence-corrected chi connectivity index (χ2v) is 4.48. The summed E-state index contributed by atoms with van der Waals surface area (Å²) >= 11 is 0. The Labute approximate surface area is 106 Å². The summed E-state index contributed by atoms with van der Waals surface area (Å²) in [6.45, 7) is 0. The Bertz CT molecular complexity index is 686. The van der Waals surface area contributed by atoms with E-state index in [2.05, 4.69) is 0 Å². The average Bonchev–Trinajstić information content (AvgIpc) is 2.57. The van der Waals surface area contributed by atoms with Crippen LogP contribution >= 0.6 is 0 Å². The molecule has 0 saturated heterocycles. The molecule has 0 spiro atoms. The normalized spacial score (nSPS) is 17.7. The number of ether oxygens (including phenoxy) is 1. The van der Waals surface area contributed by atoms with Crippen LogP contribution in [-0.4, -0.2) is 7.11 Å². The number of rotatable bonds is 1. The van der Waals surface area contributed by atoms with Crippen LogP contribution in [0.15, 0.2) is 47.3 Å². The average molecular weight is 238 g/mol. The standard InChI is InChI=1S/C16H14O2/c1-18-15-8-4-7-14-13(15)10-9-11-5-2-3-6-12(11)16(14)17/h2-7,9-10,15H,8H2,1H3. The Morgan fingerprint density at radius 3 is 2.83 bits per heavy atom. The highest BCUT2D eigenvalue weighted by Gasteiger charge is 2.18. The lowest BCUT2D eigenvalue weighted by Crippen LogP contribution is -2.12. The first-order chi connectivity index (χ1) is 8.81. The van der Waals surface area contributed by atoms with Gasteiger partial charge in [0, 0.05) is 18.1 Å². The molecule has 0 radical (unpaired) electrons. The van der Waals surface area contributed by atoms with E-state index in [9.17, 15) is 4.79 Å². The lowest BCUT2D eigenvalue weighted by molar-refractivity contribution is 0.105. The van der Waals surface area contributed by atoms with Gasteiger partial charge in [-0.2, -0.15) is 0 Å². The van der Waals surface area contributed by atoms with Gasteiger partial charge in [-0.05, 0) is 17.4 Å². The Balaban J connectivity index is 2.43. The Morgan fingerprint density at radius 1 is 1.17 bits per heavy atom.